The molecule has 1 unspecified atom stereocenters. The molecule has 0 aliphatic carbocycles. The lowest BCUT2D eigenvalue weighted by atomic mass is 9.96. The summed E-state index contributed by atoms with van der Waals surface area (Å²) in [6, 6.07) is -1.51. The van der Waals surface area contributed by atoms with Crippen molar-refractivity contribution in [2.75, 3.05) is 0 Å². The number of hydrogen-bond donors (Lipinski definition) is 8. The lowest BCUT2D eigenvalue weighted by Gasteiger charge is -2.18. The number of rotatable bonds is 6. The van der Waals surface area contributed by atoms with Gasteiger partial charge in [0, 0.05) is 0 Å². The van der Waals surface area contributed by atoms with Crippen LogP contribution in [0.15, 0.2) is 0 Å². The van der Waals surface area contributed by atoms with E-state index in [0.29, 0.717) is 0 Å². The van der Waals surface area contributed by atoms with Gasteiger partial charge in [0.1, 0.15) is 0 Å². The van der Waals surface area contributed by atoms with Crippen molar-refractivity contribution in [3.8, 4) is 0 Å². The zero-order valence-electron chi connectivity index (χ0n) is 11.8. The molecule has 24 heavy (non-hydrogen) atoms. The average molecular weight is 350 g/mol. The molecule has 0 radical (unpaired) electrons. The highest BCUT2D eigenvalue weighted by Crippen LogP contribution is 2.15. The van der Waals surface area contributed by atoms with Crippen molar-refractivity contribution >= 4 is 35.9 Å². The SMILES string of the molecule is NC(=O)NC1NC(=O)NC1=O.O=C(O)CC(O)(CC(=O)O)C(=O)O. The summed E-state index contributed by atoms with van der Waals surface area (Å²) in [5, 5.41) is 39.9. The van der Waals surface area contributed by atoms with Gasteiger partial charge in [0.15, 0.2) is 11.8 Å². The van der Waals surface area contributed by atoms with E-state index in [-0.39, 0.29) is 0 Å². The number of urea groups is 2. The summed E-state index contributed by atoms with van der Waals surface area (Å²) in [5.41, 5.74) is 1.96. The summed E-state index contributed by atoms with van der Waals surface area (Å²) >= 11 is 0. The first-order valence-corrected chi connectivity index (χ1v) is 5.94. The van der Waals surface area contributed by atoms with Crippen molar-refractivity contribution < 1.29 is 49.2 Å². The molecule has 0 bridgehead atoms. The largest absolute Gasteiger partial charge is 0.481 e. The van der Waals surface area contributed by atoms with Crippen LogP contribution in [0.2, 0.25) is 0 Å². The summed E-state index contributed by atoms with van der Waals surface area (Å²) in [4.78, 5) is 61.7. The fourth-order valence-corrected chi connectivity index (χ4v) is 1.37. The molecular formula is C10H14N4O10. The van der Waals surface area contributed by atoms with Crippen LogP contribution in [0.5, 0.6) is 0 Å². The number of carbonyl (C=O) groups is 6. The van der Waals surface area contributed by atoms with Crippen LogP contribution in [0, 0.1) is 0 Å². The maximum atomic E-state index is 10.7. The highest BCUT2D eigenvalue weighted by atomic mass is 16.4. The van der Waals surface area contributed by atoms with Crippen LogP contribution < -0.4 is 21.7 Å². The zero-order chi connectivity index (χ0) is 19.1. The number of nitrogens with two attached hydrogens (primary N) is 1. The van der Waals surface area contributed by atoms with E-state index in [2.05, 4.69) is 5.32 Å². The predicted octanol–water partition coefficient (Wildman–Crippen LogP) is -3.43. The molecule has 1 aliphatic rings. The van der Waals surface area contributed by atoms with Gasteiger partial charge in [0.05, 0.1) is 12.8 Å². The maximum Gasteiger partial charge on any atom is 0.336 e. The summed E-state index contributed by atoms with van der Waals surface area (Å²) < 4.78 is 0. The third kappa shape index (κ3) is 7.03. The maximum absolute atomic E-state index is 10.7. The number of primary amides is 1. The standard InChI is InChI=1S/C6H8O7.C4H6N4O3/c7-3(8)1-6(13,5(11)12)2-4(9)10;5-3(10)6-1-2(9)8-4(11)7-1/h13H,1-2H2,(H,7,8)(H,9,10)(H,11,12);1H,(H3,5,6,10)(H2,7,8,9,11). The first-order valence-electron chi connectivity index (χ1n) is 5.94. The van der Waals surface area contributed by atoms with Crippen LogP contribution in [0.25, 0.3) is 0 Å². The number of aliphatic hydroxyl groups is 1. The Kier molecular flexibility index (Phi) is 7.10. The Morgan fingerprint density at radius 1 is 1.08 bits per heavy atom. The van der Waals surface area contributed by atoms with Crippen LogP contribution in [0.1, 0.15) is 12.8 Å². The summed E-state index contributed by atoms with van der Waals surface area (Å²) in [7, 11) is 0. The minimum absolute atomic E-state index is 0.617. The number of carboxylic acids is 3. The van der Waals surface area contributed by atoms with Gasteiger partial charge >= 0.3 is 30.0 Å². The number of imide groups is 1. The lowest BCUT2D eigenvalue weighted by Crippen LogP contribution is -2.48. The van der Waals surface area contributed by atoms with Crippen LogP contribution in [0.4, 0.5) is 9.59 Å². The minimum atomic E-state index is -2.74. The second-order valence-electron chi connectivity index (χ2n) is 4.38. The lowest BCUT2D eigenvalue weighted by molar-refractivity contribution is -0.170. The number of amides is 5. The van der Waals surface area contributed by atoms with Crippen molar-refractivity contribution in [3.05, 3.63) is 0 Å². The molecule has 0 aromatic carbocycles. The first-order chi connectivity index (χ1) is 10.9. The zero-order valence-corrected chi connectivity index (χ0v) is 11.8. The Morgan fingerprint density at radius 2 is 1.54 bits per heavy atom. The third-order valence-electron chi connectivity index (χ3n) is 2.35. The van der Waals surface area contributed by atoms with Gasteiger partial charge in [-0.15, -0.1) is 0 Å². The van der Waals surface area contributed by atoms with Crippen molar-refractivity contribution in [1.29, 1.82) is 0 Å². The Labute approximate surface area is 132 Å². The molecule has 0 aromatic heterocycles. The molecule has 1 saturated heterocycles. The van der Waals surface area contributed by atoms with E-state index in [1.807, 2.05) is 10.6 Å². The van der Waals surface area contributed by atoms with Crippen LogP contribution in [-0.4, -0.2) is 68.1 Å². The van der Waals surface area contributed by atoms with Crippen LogP contribution in [-0.2, 0) is 19.2 Å². The van der Waals surface area contributed by atoms with E-state index in [0.717, 1.165) is 0 Å². The smallest absolute Gasteiger partial charge is 0.336 e. The summed E-state index contributed by atoms with van der Waals surface area (Å²) in [5.74, 6) is -5.64. The summed E-state index contributed by atoms with van der Waals surface area (Å²) in [6.07, 6.45) is -3.33. The van der Waals surface area contributed by atoms with Gasteiger partial charge in [-0.25, -0.2) is 14.4 Å². The van der Waals surface area contributed by atoms with Crippen molar-refractivity contribution in [2.24, 2.45) is 5.73 Å². The van der Waals surface area contributed by atoms with Crippen LogP contribution >= 0.6 is 0 Å². The summed E-state index contributed by atoms with van der Waals surface area (Å²) in [6.45, 7) is 0. The van der Waals surface area contributed by atoms with Crippen molar-refractivity contribution in [3.63, 3.8) is 0 Å². The Hall–Kier alpha value is -3.42. The van der Waals surface area contributed by atoms with E-state index >= 15 is 0 Å². The number of aliphatic carboxylic acids is 3. The molecular weight excluding hydrogens is 336 g/mol. The monoisotopic (exact) mass is 350 g/mol. The normalized spacial score (nSPS) is 16.1. The number of nitrogens with one attached hydrogen (secondary N) is 3. The van der Waals surface area contributed by atoms with Gasteiger partial charge in [-0.05, 0) is 0 Å². The molecule has 0 saturated carbocycles. The molecule has 14 nitrogen and oxygen atoms in total. The molecule has 0 spiro atoms. The van der Waals surface area contributed by atoms with Gasteiger partial charge in [-0.2, -0.15) is 0 Å². The molecule has 0 aromatic rings. The molecule has 1 aliphatic heterocycles. The highest BCUT2D eigenvalue weighted by Gasteiger charge is 2.40. The van der Waals surface area contributed by atoms with Gasteiger partial charge in [-0.3, -0.25) is 19.7 Å². The number of carbonyl (C=O) groups excluding carboxylic acids is 3. The number of carboxylic acid groups (broad SMARTS) is 3. The van der Waals surface area contributed by atoms with Crippen molar-refractivity contribution in [2.45, 2.75) is 24.6 Å². The average Bonchev–Trinajstić information content (AvgIpc) is 2.65. The second-order valence-corrected chi connectivity index (χ2v) is 4.38. The van der Waals surface area contributed by atoms with Gasteiger partial charge in [0.2, 0.25) is 0 Å². The molecule has 5 amide bonds. The van der Waals surface area contributed by atoms with Crippen molar-refractivity contribution in [1.82, 2.24) is 16.0 Å². The van der Waals surface area contributed by atoms with Crippen LogP contribution in [0.3, 0.4) is 0 Å². The molecule has 1 atom stereocenters. The second kappa shape index (κ2) is 8.28. The number of hydrogen-bond acceptors (Lipinski definition) is 7. The molecule has 1 rings (SSSR count). The quantitative estimate of drug-likeness (QED) is 0.220. The molecule has 134 valence electrons. The molecule has 1 fully saturated rings. The first kappa shape index (κ1) is 20.6. The highest BCUT2D eigenvalue weighted by molar-refractivity contribution is 6.05. The Balaban J connectivity index is 0.000000446. The molecule has 14 heteroatoms. The Bertz CT molecular complexity index is 558. The molecule has 1 heterocycles. The fraction of sp³-hybridized carbons (Fsp3) is 0.400. The van der Waals surface area contributed by atoms with E-state index in [4.69, 9.17) is 26.2 Å². The van der Waals surface area contributed by atoms with E-state index in [1.54, 1.807) is 0 Å². The third-order valence-corrected chi connectivity index (χ3v) is 2.35. The van der Waals surface area contributed by atoms with E-state index in [1.165, 1.54) is 0 Å². The Morgan fingerprint density at radius 3 is 1.79 bits per heavy atom. The molecule has 9 N–H and O–H groups in total. The van der Waals surface area contributed by atoms with E-state index < -0.39 is 60.5 Å². The van der Waals surface area contributed by atoms with Gasteiger partial charge < -0.3 is 36.8 Å². The topological polar surface area (TPSA) is 245 Å². The minimum Gasteiger partial charge on any atom is -0.481 e. The fourth-order valence-electron chi connectivity index (χ4n) is 1.37. The predicted molar refractivity (Wildman–Crippen MR) is 70.3 cm³/mol. The van der Waals surface area contributed by atoms with E-state index in [9.17, 15) is 28.8 Å². The van der Waals surface area contributed by atoms with Gasteiger partial charge in [-0.1, -0.05) is 0 Å². The van der Waals surface area contributed by atoms with Gasteiger partial charge in [0.25, 0.3) is 5.91 Å².